The third-order valence-electron chi connectivity index (χ3n) is 6.22. The minimum absolute atomic E-state index is 0.0573. The fourth-order valence-electron chi connectivity index (χ4n) is 4.40. The first-order valence-electron chi connectivity index (χ1n) is 11.7. The number of aryl methyl sites for hydroxylation is 1. The standard InChI is InChI=1S/C26H35N5O/c1-20(2)17-26(32)27-22-9-10-24-23(18-22)28-25(29(24)3)11-12-30-13-15-31(16-14-30)19-21-7-5-4-6-8-21/h4-10,18,20H,11-17,19H2,1-3H3,(H,27,32). The molecule has 0 unspecified atom stereocenters. The molecule has 0 atom stereocenters. The van der Waals surface area contributed by atoms with Gasteiger partial charge in [-0.2, -0.15) is 0 Å². The number of piperazine rings is 1. The molecule has 1 saturated heterocycles. The number of anilines is 1. The highest BCUT2D eigenvalue weighted by Crippen LogP contribution is 2.21. The van der Waals surface area contributed by atoms with Gasteiger partial charge in [-0.1, -0.05) is 44.2 Å². The van der Waals surface area contributed by atoms with E-state index >= 15 is 0 Å². The molecule has 0 bridgehead atoms. The molecule has 1 fully saturated rings. The predicted molar refractivity (Wildman–Crippen MR) is 131 cm³/mol. The maximum absolute atomic E-state index is 12.1. The van der Waals surface area contributed by atoms with E-state index in [0.717, 1.165) is 68.2 Å². The summed E-state index contributed by atoms with van der Waals surface area (Å²) in [7, 11) is 2.08. The van der Waals surface area contributed by atoms with Gasteiger partial charge in [-0.3, -0.25) is 9.69 Å². The van der Waals surface area contributed by atoms with Gasteiger partial charge in [0.15, 0.2) is 0 Å². The molecule has 1 aliphatic heterocycles. The first kappa shape index (κ1) is 22.5. The molecule has 6 heteroatoms. The van der Waals surface area contributed by atoms with Crippen LogP contribution in [0.15, 0.2) is 48.5 Å². The van der Waals surface area contributed by atoms with Crippen molar-refractivity contribution in [3.8, 4) is 0 Å². The van der Waals surface area contributed by atoms with Crippen LogP contribution in [0.25, 0.3) is 11.0 Å². The first-order valence-corrected chi connectivity index (χ1v) is 11.7. The van der Waals surface area contributed by atoms with Crippen LogP contribution in [0, 0.1) is 5.92 Å². The number of aromatic nitrogens is 2. The molecule has 0 spiro atoms. The van der Waals surface area contributed by atoms with Gasteiger partial charge >= 0.3 is 0 Å². The Labute approximate surface area is 191 Å². The molecule has 0 radical (unpaired) electrons. The second-order valence-electron chi connectivity index (χ2n) is 9.29. The van der Waals surface area contributed by atoms with Gasteiger partial charge in [0.25, 0.3) is 0 Å². The minimum atomic E-state index is 0.0573. The molecule has 1 amide bonds. The molecule has 4 rings (SSSR count). The van der Waals surface area contributed by atoms with E-state index in [-0.39, 0.29) is 5.91 Å². The predicted octanol–water partition coefficient (Wildman–Crippen LogP) is 3.92. The summed E-state index contributed by atoms with van der Waals surface area (Å²) in [5.74, 6) is 1.50. The molecule has 2 heterocycles. The number of hydrogen-bond donors (Lipinski definition) is 1. The maximum Gasteiger partial charge on any atom is 0.224 e. The third kappa shape index (κ3) is 5.75. The van der Waals surface area contributed by atoms with E-state index in [9.17, 15) is 4.79 Å². The lowest BCUT2D eigenvalue weighted by atomic mass is 10.1. The van der Waals surface area contributed by atoms with Crippen molar-refractivity contribution < 1.29 is 4.79 Å². The summed E-state index contributed by atoms with van der Waals surface area (Å²) >= 11 is 0. The summed E-state index contributed by atoms with van der Waals surface area (Å²) in [6.45, 7) is 10.6. The lowest BCUT2D eigenvalue weighted by Crippen LogP contribution is -2.46. The Bertz CT molecular complexity index is 1040. The van der Waals surface area contributed by atoms with Crippen molar-refractivity contribution in [1.82, 2.24) is 19.4 Å². The molecular formula is C26H35N5O. The fraction of sp³-hybridized carbons (Fsp3) is 0.462. The SMILES string of the molecule is CC(C)CC(=O)Nc1ccc2c(c1)nc(CCN1CCN(Cc3ccccc3)CC1)n2C. The van der Waals surface area contributed by atoms with Crippen LogP contribution < -0.4 is 5.32 Å². The number of benzene rings is 2. The second-order valence-corrected chi connectivity index (χ2v) is 9.29. The van der Waals surface area contributed by atoms with Crippen molar-refractivity contribution in [3.05, 3.63) is 59.9 Å². The molecule has 0 aliphatic carbocycles. The topological polar surface area (TPSA) is 53.4 Å². The zero-order valence-corrected chi connectivity index (χ0v) is 19.6. The fourth-order valence-corrected chi connectivity index (χ4v) is 4.40. The molecule has 170 valence electrons. The highest BCUT2D eigenvalue weighted by atomic mass is 16.1. The highest BCUT2D eigenvalue weighted by molar-refractivity contribution is 5.93. The van der Waals surface area contributed by atoms with Gasteiger partial charge in [-0.05, 0) is 29.7 Å². The van der Waals surface area contributed by atoms with Crippen molar-refractivity contribution in [2.45, 2.75) is 33.2 Å². The molecule has 1 N–H and O–H groups in total. The zero-order valence-electron chi connectivity index (χ0n) is 19.6. The van der Waals surface area contributed by atoms with E-state index in [0.29, 0.717) is 12.3 Å². The molecule has 2 aromatic carbocycles. The summed E-state index contributed by atoms with van der Waals surface area (Å²) in [6, 6.07) is 16.7. The van der Waals surface area contributed by atoms with Crippen molar-refractivity contribution in [2.24, 2.45) is 13.0 Å². The van der Waals surface area contributed by atoms with Crippen LogP contribution in [0.1, 0.15) is 31.7 Å². The number of hydrogen-bond acceptors (Lipinski definition) is 4. The smallest absolute Gasteiger partial charge is 0.224 e. The summed E-state index contributed by atoms with van der Waals surface area (Å²) in [5, 5.41) is 3.00. The zero-order chi connectivity index (χ0) is 22.5. The monoisotopic (exact) mass is 433 g/mol. The Morgan fingerprint density at radius 2 is 1.75 bits per heavy atom. The Morgan fingerprint density at radius 1 is 1.03 bits per heavy atom. The van der Waals surface area contributed by atoms with Crippen LogP contribution >= 0.6 is 0 Å². The van der Waals surface area contributed by atoms with Crippen LogP contribution in [0.3, 0.4) is 0 Å². The van der Waals surface area contributed by atoms with Crippen molar-refractivity contribution in [3.63, 3.8) is 0 Å². The number of fused-ring (bicyclic) bond motifs is 1. The number of amides is 1. The van der Waals surface area contributed by atoms with E-state index in [4.69, 9.17) is 4.98 Å². The molecule has 0 saturated carbocycles. The van der Waals surface area contributed by atoms with Crippen molar-refractivity contribution >= 4 is 22.6 Å². The summed E-state index contributed by atoms with van der Waals surface area (Å²) in [5.41, 5.74) is 4.26. The van der Waals surface area contributed by atoms with Crippen LogP contribution in [-0.2, 0) is 24.8 Å². The number of imidazole rings is 1. The number of rotatable bonds is 8. The summed E-state index contributed by atoms with van der Waals surface area (Å²) in [6.07, 6.45) is 1.46. The van der Waals surface area contributed by atoms with E-state index < -0.39 is 0 Å². The maximum atomic E-state index is 12.1. The Hall–Kier alpha value is -2.70. The van der Waals surface area contributed by atoms with Gasteiger partial charge in [0.2, 0.25) is 5.91 Å². The second kappa shape index (κ2) is 10.3. The average Bonchev–Trinajstić information content (AvgIpc) is 3.08. The molecule has 3 aromatic rings. The van der Waals surface area contributed by atoms with Gasteiger partial charge in [0.1, 0.15) is 5.82 Å². The lowest BCUT2D eigenvalue weighted by Gasteiger charge is -2.34. The van der Waals surface area contributed by atoms with Crippen LogP contribution in [0.2, 0.25) is 0 Å². The number of carbonyl (C=O) groups excluding carboxylic acids is 1. The largest absolute Gasteiger partial charge is 0.331 e. The number of nitrogens with one attached hydrogen (secondary N) is 1. The Morgan fingerprint density at radius 3 is 2.47 bits per heavy atom. The molecule has 6 nitrogen and oxygen atoms in total. The quantitative estimate of drug-likeness (QED) is 0.585. The van der Waals surface area contributed by atoms with Crippen molar-refractivity contribution in [2.75, 3.05) is 38.0 Å². The van der Waals surface area contributed by atoms with Gasteiger partial charge in [-0.25, -0.2) is 4.98 Å². The van der Waals surface area contributed by atoms with Gasteiger partial charge < -0.3 is 14.8 Å². The lowest BCUT2D eigenvalue weighted by molar-refractivity contribution is -0.116. The van der Waals surface area contributed by atoms with Gasteiger partial charge in [0, 0.05) is 64.8 Å². The molecule has 32 heavy (non-hydrogen) atoms. The van der Waals surface area contributed by atoms with E-state index in [1.165, 1.54) is 5.56 Å². The number of carbonyl (C=O) groups is 1. The van der Waals surface area contributed by atoms with Gasteiger partial charge in [-0.15, -0.1) is 0 Å². The first-order chi connectivity index (χ1) is 15.5. The van der Waals surface area contributed by atoms with Crippen LogP contribution in [0.4, 0.5) is 5.69 Å². The molecule has 1 aliphatic rings. The Balaban J connectivity index is 1.30. The highest BCUT2D eigenvalue weighted by Gasteiger charge is 2.18. The normalized spacial score (nSPS) is 15.5. The molecular weight excluding hydrogens is 398 g/mol. The number of nitrogens with zero attached hydrogens (tertiary/aromatic N) is 4. The van der Waals surface area contributed by atoms with Gasteiger partial charge in [0.05, 0.1) is 11.0 Å². The van der Waals surface area contributed by atoms with Crippen molar-refractivity contribution in [1.29, 1.82) is 0 Å². The van der Waals surface area contributed by atoms with E-state index in [2.05, 4.69) is 77.0 Å². The summed E-state index contributed by atoms with van der Waals surface area (Å²) in [4.78, 5) is 22.0. The average molecular weight is 434 g/mol. The Kier molecular flexibility index (Phi) is 7.22. The van der Waals surface area contributed by atoms with E-state index in [1.807, 2.05) is 12.1 Å². The summed E-state index contributed by atoms with van der Waals surface area (Å²) < 4.78 is 2.18. The minimum Gasteiger partial charge on any atom is -0.331 e. The van der Waals surface area contributed by atoms with Crippen LogP contribution in [0.5, 0.6) is 0 Å². The molecule has 1 aromatic heterocycles. The third-order valence-corrected chi connectivity index (χ3v) is 6.22. The van der Waals surface area contributed by atoms with E-state index in [1.54, 1.807) is 0 Å². The van der Waals surface area contributed by atoms with Crippen LogP contribution in [-0.4, -0.2) is 58.0 Å².